The maximum atomic E-state index is 15.2. The fraction of sp³-hybridized carbons (Fsp3) is 0.0769. The lowest BCUT2D eigenvalue weighted by atomic mass is 10.1. The molecule has 0 aliphatic carbocycles. The third kappa shape index (κ3) is 4.13. The highest BCUT2D eigenvalue weighted by molar-refractivity contribution is 6.01. The van der Waals surface area contributed by atoms with E-state index in [9.17, 15) is 4.79 Å². The molecule has 6 rings (SSSR count). The minimum Gasteiger partial charge on any atom is -0.435 e. The smallest absolute Gasteiger partial charge is 0.260 e. The standard InChI is InChI=1S/C26H20FN9O2/c1-13-9-15-16(33-13)5-6-20(23(15)27)38-26-22(25(37)28-2)24(31-12-32-26)34-21-11-18(35-36-21)14-3-4-17-19(10-14)30-8-7-29-17/h3-12,33H,1-2H3,(H,28,37)(H2,31,32,34,35,36). The van der Waals surface area contributed by atoms with Crippen molar-refractivity contribution in [2.24, 2.45) is 0 Å². The molecular formula is C26H20FN9O2. The number of fused-ring (bicyclic) bond motifs is 2. The van der Waals surface area contributed by atoms with E-state index >= 15 is 4.39 Å². The van der Waals surface area contributed by atoms with Crippen LogP contribution in [0.3, 0.4) is 0 Å². The number of amides is 1. The molecule has 0 radical (unpaired) electrons. The first-order valence-corrected chi connectivity index (χ1v) is 11.6. The normalized spacial score (nSPS) is 11.1. The summed E-state index contributed by atoms with van der Waals surface area (Å²) in [4.78, 5) is 32.8. The van der Waals surface area contributed by atoms with Crippen molar-refractivity contribution < 1.29 is 13.9 Å². The molecule has 0 atom stereocenters. The zero-order valence-electron chi connectivity index (χ0n) is 20.2. The van der Waals surface area contributed by atoms with Gasteiger partial charge in [0.25, 0.3) is 5.91 Å². The van der Waals surface area contributed by atoms with E-state index in [1.807, 2.05) is 25.1 Å². The molecule has 6 aromatic rings. The van der Waals surface area contributed by atoms with Crippen LogP contribution in [0.4, 0.5) is 16.0 Å². The summed E-state index contributed by atoms with van der Waals surface area (Å²) >= 11 is 0. The number of rotatable bonds is 6. The van der Waals surface area contributed by atoms with Crippen LogP contribution in [-0.2, 0) is 0 Å². The highest BCUT2D eigenvalue weighted by Gasteiger charge is 2.23. The van der Waals surface area contributed by atoms with E-state index in [0.29, 0.717) is 22.4 Å². The fourth-order valence-corrected chi connectivity index (χ4v) is 4.13. The number of benzene rings is 2. The summed E-state index contributed by atoms with van der Waals surface area (Å²) in [5.74, 6) is -0.755. The first kappa shape index (κ1) is 23.0. The minimum absolute atomic E-state index is 0.00900. The predicted molar refractivity (Wildman–Crippen MR) is 139 cm³/mol. The van der Waals surface area contributed by atoms with E-state index < -0.39 is 11.7 Å². The van der Waals surface area contributed by atoms with Gasteiger partial charge in [0, 0.05) is 47.7 Å². The van der Waals surface area contributed by atoms with Gasteiger partial charge in [-0.25, -0.2) is 14.4 Å². The van der Waals surface area contributed by atoms with Crippen molar-refractivity contribution in [2.45, 2.75) is 6.92 Å². The summed E-state index contributed by atoms with van der Waals surface area (Å²) < 4.78 is 21.0. The van der Waals surface area contributed by atoms with Crippen LogP contribution < -0.4 is 15.4 Å². The van der Waals surface area contributed by atoms with Gasteiger partial charge in [0.05, 0.1) is 16.7 Å². The van der Waals surface area contributed by atoms with Crippen LogP contribution in [0.15, 0.2) is 61.2 Å². The Bertz CT molecular complexity index is 1830. The molecule has 2 aromatic carbocycles. The average Bonchev–Trinajstić information content (AvgIpc) is 3.56. The lowest BCUT2D eigenvalue weighted by Gasteiger charge is -2.13. The number of aromatic amines is 2. The van der Waals surface area contributed by atoms with Crippen molar-refractivity contribution in [3.05, 3.63) is 78.3 Å². The highest BCUT2D eigenvalue weighted by atomic mass is 19.1. The number of anilines is 2. The Kier molecular flexibility index (Phi) is 5.60. The third-order valence-electron chi connectivity index (χ3n) is 5.91. The topological polar surface area (TPSA) is 146 Å². The van der Waals surface area contributed by atoms with Crippen molar-refractivity contribution >= 4 is 39.5 Å². The summed E-state index contributed by atoms with van der Waals surface area (Å²) in [5, 5.41) is 13.2. The Morgan fingerprint density at radius 3 is 2.68 bits per heavy atom. The van der Waals surface area contributed by atoms with Gasteiger partial charge in [-0.3, -0.25) is 19.9 Å². The molecule has 0 saturated carbocycles. The van der Waals surface area contributed by atoms with E-state index in [4.69, 9.17) is 4.74 Å². The van der Waals surface area contributed by atoms with Gasteiger partial charge in [-0.05, 0) is 37.3 Å². The van der Waals surface area contributed by atoms with Crippen LogP contribution in [-0.4, -0.2) is 48.1 Å². The molecular weight excluding hydrogens is 489 g/mol. The van der Waals surface area contributed by atoms with Crippen molar-refractivity contribution in [3.63, 3.8) is 0 Å². The molecule has 0 spiro atoms. The average molecular weight is 510 g/mol. The monoisotopic (exact) mass is 509 g/mol. The molecule has 0 aliphatic heterocycles. The van der Waals surface area contributed by atoms with Gasteiger partial charge >= 0.3 is 0 Å². The summed E-state index contributed by atoms with van der Waals surface area (Å²) in [5.41, 5.74) is 4.52. The Morgan fingerprint density at radius 2 is 1.84 bits per heavy atom. The lowest BCUT2D eigenvalue weighted by molar-refractivity contribution is 0.0960. The number of aryl methyl sites for hydroxylation is 1. The number of carbonyl (C=O) groups excluding carboxylic acids is 1. The van der Waals surface area contributed by atoms with Crippen LogP contribution in [0.1, 0.15) is 16.1 Å². The van der Waals surface area contributed by atoms with Gasteiger partial charge in [0.15, 0.2) is 23.2 Å². The molecule has 0 saturated heterocycles. The Labute approximate surface area is 214 Å². The molecule has 4 N–H and O–H groups in total. The summed E-state index contributed by atoms with van der Waals surface area (Å²) in [6, 6.07) is 12.3. The van der Waals surface area contributed by atoms with Crippen LogP contribution in [0.25, 0.3) is 33.2 Å². The first-order valence-electron chi connectivity index (χ1n) is 11.6. The Balaban J connectivity index is 1.33. The zero-order chi connectivity index (χ0) is 26.2. The maximum absolute atomic E-state index is 15.2. The third-order valence-corrected chi connectivity index (χ3v) is 5.91. The largest absolute Gasteiger partial charge is 0.435 e. The number of H-pyrrole nitrogens is 2. The van der Waals surface area contributed by atoms with Gasteiger partial charge < -0.3 is 20.4 Å². The van der Waals surface area contributed by atoms with Gasteiger partial charge in [-0.1, -0.05) is 6.07 Å². The van der Waals surface area contributed by atoms with Crippen molar-refractivity contribution in [1.29, 1.82) is 0 Å². The van der Waals surface area contributed by atoms with E-state index in [1.54, 1.807) is 30.6 Å². The van der Waals surface area contributed by atoms with Crippen LogP contribution in [0, 0.1) is 12.7 Å². The van der Waals surface area contributed by atoms with Crippen molar-refractivity contribution in [3.8, 4) is 22.9 Å². The number of aromatic nitrogens is 7. The molecule has 11 nitrogen and oxygen atoms in total. The molecule has 0 unspecified atom stereocenters. The number of ether oxygens (including phenoxy) is 1. The second-order valence-corrected chi connectivity index (χ2v) is 8.43. The lowest BCUT2D eigenvalue weighted by Crippen LogP contribution is -2.21. The number of nitrogens with one attached hydrogen (secondary N) is 4. The molecule has 0 bridgehead atoms. The molecule has 0 fully saturated rings. The quantitative estimate of drug-likeness (QED) is 0.254. The summed E-state index contributed by atoms with van der Waals surface area (Å²) in [6.07, 6.45) is 4.48. The van der Waals surface area contributed by atoms with Gasteiger partial charge in [-0.15, -0.1) is 0 Å². The number of hydrogen-bond donors (Lipinski definition) is 4. The van der Waals surface area contributed by atoms with Crippen LogP contribution in [0.5, 0.6) is 11.6 Å². The molecule has 0 aliphatic rings. The zero-order valence-corrected chi connectivity index (χ0v) is 20.2. The molecule has 188 valence electrons. The summed E-state index contributed by atoms with van der Waals surface area (Å²) in [6.45, 7) is 1.83. The van der Waals surface area contributed by atoms with Crippen molar-refractivity contribution in [1.82, 2.24) is 40.4 Å². The Morgan fingerprint density at radius 1 is 1.00 bits per heavy atom. The van der Waals surface area contributed by atoms with Crippen LogP contribution in [0.2, 0.25) is 0 Å². The molecule has 12 heteroatoms. The maximum Gasteiger partial charge on any atom is 0.260 e. The van der Waals surface area contributed by atoms with E-state index in [-0.39, 0.29) is 23.0 Å². The molecule has 38 heavy (non-hydrogen) atoms. The predicted octanol–water partition coefficient (Wildman–Crippen LogP) is 4.63. The van der Waals surface area contributed by atoms with Crippen molar-refractivity contribution in [2.75, 3.05) is 12.4 Å². The van der Waals surface area contributed by atoms with Gasteiger partial charge in [0.2, 0.25) is 5.88 Å². The highest BCUT2D eigenvalue weighted by Crippen LogP contribution is 2.33. The number of carbonyl (C=O) groups is 1. The SMILES string of the molecule is CNC(=O)c1c(Nc2cc(-c3ccc4nccnc4c3)[nH]n2)ncnc1Oc1ccc2[nH]c(C)cc2c1F. The second kappa shape index (κ2) is 9.24. The van der Waals surface area contributed by atoms with Crippen LogP contribution >= 0.6 is 0 Å². The molecule has 1 amide bonds. The Hall–Kier alpha value is -5.39. The second-order valence-electron chi connectivity index (χ2n) is 8.43. The molecule has 4 heterocycles. The fourth-order valence-electron chi connectivity index (χ4n) is 4.13. The first-order chi connectivity index (χ1) is 18.5. The van der Waals surface area contributed by atoms with E-state index in [1.165, 1.54) is 19.4 Å². The van der Waals surface area contributed by atoms with Gasteiger partial charge in [-0.2, -0.15) is 5.10 Å². The number of halogens is 1. The summed E-state index contributed by atoms with van der Waals surface area (Å²) in [7, 11) is 1.47. The molecule has 4 aromatic heterocycles. The number of hydrogen-bond acceptors (Lipinski definition) is 8. The number of nitrogens with zero attached hydrogens (tertiary/aromatic N) is 5. The van der Waals surface area contributed by atoms with Gasteiger partial charge in [0.1, 0.15) is 11.9 Å². The van der Waals surface area contributed by atoms with E-state index in [2.05, 4.69) is 45.8 Å². The minimum atomic E-state index is -0.570. The van der Waals surface area contributed by atoms with E-state index in [0.717, 1.165) is 22.3 Å².